The average molecular weight is 519 g/mol. The predicted octanol–water partition coefficient (Wildman–Crippen LogP) is 5.23. The van der Waals surface area contributed by atoms with Crippen LogP contribution < -0.4 is 11.2 Å². The number of aromatic amines is 1. The molecule has 4 atom stereocenters. The van der Waals surface area contributed by atoms with E-state index in [2.05, 4.69) is 72.7 Å². The van der Waals surface area contributed by atoms with Crippen molar-refractivity contribution in [3.8, 4) is 0 Å². The Kier molecular flexibility index (Phi) is 8.11. The molecule has 1 N–H and O–H groups in total. The topological polar surface area (TPSA) is 82.5 Å². The number of alkyl halides is 1. The number of nitrogens with one attached hydrogen (secondary N) is 1. The van der Waals surface area contributed by atoms with E-state index in [1.165, 1.54) is 16.8 Å². The molecule has 0 radical (unpaired) electrons. The number of aromatic nitrogens is 2. The molecule has 190 valence electrons. The van der Waals surface area contributed by atoms with Crippen molar-refractivity contribution in [3.05, 3.63) is 33.1 Å². The monoisotopic (exact) mass is 518 g/mol. The molecule has 1 unspecified atom stereocenters. The summed E-state index contributed by atoms with van der Waals surface area (Å²) in [5, 5.41) is -0.631. The summed E-state index contributed by atoms with van der Waals surface area (Å²) >= 11 is 7.03. The number of hydrogen-bond acceptors (Lipinski definition) is 5. The molecule has 0 saturated carbocycles. The highest BCUT2D eigenvalue weighted by Gasteiger charge is 2.58. The van der Waals surface area contributed by atoms with Gasteiger partial charge in [0.15, 0.2) is 22.9 Å². The van der Waals surface area contributed by atoms with Crippen LogP contribution in [0.25, 0.3) is 0 Å². The van der Waals surface area contributed by atoms with E-state index in [4.69, 9.17) is 25.2 Å². The molecule has 0 spiro atoms. The van der Waals surface area contributed by atoms with Crippen LogP contribution in [0.4, 0.5) is 0 Å². The number of rotatable bonds is 7. The number of H-pyrrole nitrogens is 1. The molecule has 1 aliphatic heterocycles. The molecule has 2 rings (SSSR count). The van der Waals surface area contributed by atoms with Crippen molar-refractivity contribution in [1.82, 2.24) is 9.55 Å². The van der Waals surface area contributed by atoms with Crippen LogP contribution in [-0.4, -0.2) is 49.9 Å². The summed E-state index contributed by atoms with van der Waals surface area (Å²) in [6.07, 6.45) is 0.788. The van der Waals surface area contributed by atoms with E-state index in [-0.39, 0.29) is 10.1 Å². The van der Waals surface area contributed by atoms with Crippen molar-refractivity contribution in [1.29, 1.82) is 0 Å². The van der Waals surface area contributed by atoms with Crippen LogP contribution in [0.15, 0.2) is 21.9 Å². The summed E-state index contributed by atoms with van der Waals surface area (Å²) in [4.78, 5) is 26.5. The van der Waals surface area contributed by atoms with Gasteiger partial charge in [-0.1, -0.05) is 48.5 Å². The summed E-state index contributed by atoms with van der Waals surface area (Å²) in [6, 6.07) is 1.30. The first kappa shape index (κ1) is 28.5. The minimum absolute atomic E-state index is 0.0315. The fourth-order valence-electron chi connectivity index (χ4n) is 3.34. The van der Waals surface area contributed by atoms with E-state index in [1.807, 2.05) is 6.92 Å². The van der Waals surface area contributed by atoms with Gasteiger partial charge in [-0.3, -0.25) is 14.3 Å². The Morgan fingerprint density at radius 1 is 1.09 bits per heavy atom. The first-order chi connectivity index (χ1) is 14.8. The minimum Gasteiger partial charge on any atom is -0.414 e. The second kappa shape index (κ2) is 9.39. The van der Waals surface area contributed by atoms with Crippen LogP contribution in [-0.2, 0) is 13.6 Å². The van der Waals surface area contributed by atoms with E-state index in [0.29, 0.717) is 13.0 Å². The normalized spacial score (nSPS) is 27.2. The lowest BCUT2D eigenvalue weighted by Crippen LogP contribution is -2.56. The molecule has 1 fully saturated rings. The van der Waals surface area contributed by atoms with Crippen LogP contribution >= 0.6 is 11.6 Å². The van der Waals surface area contributed by atoms with Crippen molar-refractivity contribution in [2.24, 2.45) is 0 Å². The average Bonchev–Trinajstić information content (AvgIpc) is 2.91. The maximum absolute atomic E-state index is 12.6. The standard InChI is InChI=1S/C23H43ClN2O5Si2/c1-12-23(15-29-32(8,9)21(2,3)4)18(31-33(10,11)22(5,6)7)17(24)19(30-23)26-14-13-16(27)25-20(26)28/h13-14,17-19H,12,15H2,1-11H3,(H,25,27,28)/t17-,18?,19-,23-/m1/s1. The lowest BCUT2D eigenvalue weighted by Gasteiger charge is -2.45. The van der Waals surface area contributed by atoms with Crippen molar-refractivity contribution in [2.45, 2.75) is 114 Å². The van der Waals surface area contributed by atoms with Gasteiger partial charge in [-0.2, -0.15) is 0 Å². The maximum Gasteiger partial charge on any atom is 0.330 e. The Morgan fingerprint density at radius 2 is 1.64 bits per heavy atom. The molecule has 33 heavy (non-hydrogen) atoms. The van der Waals surface area contributed by atoms with Crippen LogP contribution in [0.3, 0.4) is 0 Å². The molecular formula is C23H43ClN2O5Si2. The number of nitrogens with zero attached hydrogens (tertiary/aromatic N) is 1. The molecule has 0 bridgehead atoms. The zero-order valence-electron chi connectivity index (χ0n) is 22.2. The van der Waals surface area contributed by atoms with E-state index < -0.39 is 51.2 Å². The Labute approximate surface area is 205 Å². The highest BCUT2D eigenvalue weighted by Crippen LogP contribution is 2.48. The van der Waals surface area contributed by atoms with E-state index >= 15 is 0 Å². The smallest absolute Gasteiger partial charge is 0.330 e. The number of hydrogen-bond donors (Lipinski definition) is 1. The van der Waals surface area contributed by atoms with Crippen LogP contribution in [0.1, 0.15) is 61.1 Å². The van der Waals surface area contributed by atoms with Crippen molar-refractivity contribution >= 4 is 28.2 Å². The van der Waals surface area contributed by atoms with Crippen LogP contribution in [0.2, 0.25) is 36.3 Å². The zero-order chi connectivity index (χ0) is 25.6. The largest absolute Gasteiger partial charge is 0.414 e. The Morgan fingerprint density at radius 3 is 2.09 bits per heavy atom. The predicted molar refractivity (Wildman–Crippen MR) is 139 cm³/mol. The zero-order valence-corrected chi connectivity index (χ0v) is 24.9. The lowest BCUT2D eigenvalue weighted by atomic mass is 9.94. The van der Waals surface area contributed by atoms with Gasteiger partial charge in [-0.05, 0) is 42.7 Å². The third-order valence-electron chi connectivity index (χ3n) is 7.87. The van der Waals surface area contributed by atoms with E-state index in [9.17, 15) is 9.59 Å². The Balaban J connectivity index is 2.54. The van der Waals surface area contributed by atoms with Crippen LogP contribution in [0.5, 0.6) is 0 Å². The van der Waals surface area contributed by atoms with Crippen molar-refractivity contribution < 1.29 is 13.6 Å². The highest BCUT2D eigenvalue weighted by atomic mass is 35.5. The second-order valence-electron chi connectivity index (χ2n) is 12.2. The Hall–Kier alpha value is -0.716. The van der Waals surface area contributed by atoms with Crippen molar-refractivity contribution in [3.63, 3.8) is 0 Å². The molecule has 2 heterocycles. The molecule has 0 aliphatic carbocycles. The molecule has 7 nitrogen and oxygen atoms in total. The van der Waals surface area contributed by atoms with Gasteiger partial charge in [0.1, 0.15) is 11.0 Å². The quantitative estimate of drug-likeness (QED) is 0.394. The fraction of sp³-hybridized carbons (Fsp3) is 0.826. The molecule has 1 aromatic heterocycles. The highest BCUT2D eigenvalue weighted by molar-refractivity contribution is 6.74. The van der Waals surface area contributed by atoms with Gasteiger partial charge in [0.25, 0.3) is 5.56 Å². The summed E-state index contributed by atoms with van der Waals surface area (Å²) < 4.78 is 21.5. The van der Waals surface area contributed by atoms with Gasteiger partial charge in [-0.25, -0.2) is 4.79 Å². The molecular weight excluding hydrogens is 476 g/mol. The van der Waals surface area contributed by atoms with Gasteiger partial charge < -0.3 is 13.6 Å². The number of ether oxygens (including phenoxy) is 1. The SMILES string of the molecule is CC[C@]1(CO[Si](C)(C)C(C)(C)C)O[C@@H](n2ccc(=O)[nH]c2=O)[C@H](Cl)C1O[Si](C)(C)C(C)(C)C. The summed E-state index contributed by atoms with van der Waals surface area (Å²) in [7, 11) is -4.32. The fourth-order valence-corrected chi connectivity index (χ4v) is 6.27. The Bertz CT molecular complexity index is 948. The summed E-state index contributed by atoms with van der Waals surface area (Å²) in [6.45, 7) is 24.3. The molecule has 1 aliphatic rings. The van der Waals surface area contributed by atoms with Gasteiger partial charge in [0.2, 0.25) is 0 Å². The third kappa shape index (κ3) is 5.75. The van der Waals surface area contributed by atoms with Gasteiger partial charge in [0.05, 0.1) is 12.7 Å². The lowest BCUT2D eigenvalue weighted by molar-refractivity contribution is -0.124. The van der Waals surface area contributed by atoms with E-state index in [0.717, 1.165) is 0 Å². The molecule has 0 aromatic carbocycles. The second-order valence-corrected chi connectivity index (χ2v) is 22.3. The van der Waals surface area contributed by atoms with Gasteiger partial charge in [0, 0.05) is 12.3 Å². The first-order valence-corrected chi connectivity index (χ1v) is 18.0. The summed E-state index contributed by atoms with van der Waals surface area (Å²) in [5.74, 6) is 0. The van der Waals surface area contributed by atoms with Crippen molar-refractivity contribution in [2.75, 3.05) is 6.61 Å². The maximum atomic E-state index is 12.6. The molecule has 0 amide bonds. The number of halogens is 1. The summed E-state index contributed by atoms with van der Waals surface area (Å²) in [5.41, 5.74) is -1.84. The van der Waals surface area contributed by atoms with E-state index in [1.54, 1.807) is 0 Å². The molecule has 1 saturated heterocycles. The third-order valence-corrected chi connectivity index (χ3v) is 17.2. The molecule has 10 heteroatoms. The van der Waals surface area contributed by atoms with Gasteiger partial charge >= 0.3 is 5.69 Å². The minimum atomic E-state index is -2.24. The van der Waals surface area contributed by atoms with Crippen LogP contribution in [0, 0.1) is 0 Å². The van der Waals surface area contributed by atoms with Gasteiger partial charge in [-0.15, -0.1) is 11.6 Å². The first-order valence-electron chi connectivity index (χ1n) is 11.7. The molecule has 1 aromatic rings.